The summed E-state index contributed by atoms with van der Waals surface area (Å²) in [5.74, 6) is -0.440. The molecule has 3 nitrogen and oxygen atoms in total. The Morgan fingerprint density at radius 1 is 1.19 bits per heavy atom. The zero-order valence-electron chi connectivity index (χ0n) is 13.8. The highest BCUT2D eigenvalue weighted by Crippen LogP contribution is 2.36. The van der Waals surface area contributed by atoms with E-state index in [4.69, 9.17) is 16.0 Å². The second-order valence-electron chi connectivity index (χ2n) is 5.86. The summed E-state index contributed by atoms with van der Waals surface area (Å²) in [6.45, 7) is 2.02. The van der Waals surface area contributed by atoms with E-state index in [-0.39, 0.29) is 12.1 Å². The molecule has 0 unspecified atom stereocenters. The number of benzene rings is 2. The minimum Gasteiger partial charge on any atom is -0.464 e. The van der Waals surface area contributed by atoms with E-state index in [0.29, 0.717) is 11.1 Å². The molecule has 3 aromatic rings. The Kier molecular flexibility index (Phi) is 4.96. The maximum absolute atomic E-state index is 12.9. The molecule has 7 heteroatoms. The molecule has 0 aliphatic heterocycles. The molecule has 3 rings (SSSR count). The summed E-state index contributed by atoms with van der Waals surface area (Å²) in [6.07, 6.45) is -2.26. The zero-order valence-corrected chi connectivity index (χ0v) is 14.5. The lowest BCUT2D eigenvalue weighted by atomic mass is 10.1. The van der Waals surface area contributed by atoms with Gasteiger partial charge in [-0.1, -0.05) is 24.6 Å². The number of nitrogens with one attached hydrogen (secondary N) is 1. The van der Waals surface area contributed by atoms with Crippen LogP contribution in [0.1, 0.15) is 23.6 Å². The van der Waals surface area contributed by atoms with Crippen molar-refractivity contribution in [2.24, 2.45) is 0 Å². The first-order valence-corrected chi connectivity index (χ1v) is 8.31. The summed E-state index contributed by atoms with van der Waals surface area (Å²) in [5.41, 5.74) is 1.49. The minimum absolute atomic E-state index is 0.00978. The van der Waals surface area contributed by atoms with Crippen molar-refractivity contribution < 1.29 is 22.4 Å². The molecule has 0 aliphatic rings. The van der Waals surface area contributed by atoms with E-state index in [1.807, 2.05) is 25.1 Å². The largest absolute Gasteiger partial charge is 0.464 e. The van der Waals surface area contributed by atoms with Crippen LogP contribution in [0.4, 0.5) is 18.9 Å². The molecule has 1 N–H and O–H groups in total. The molecule has 0 aliphatic carbocycles. The van der Waals surface area contributed by atoms with E-state index in [1.165, 1.54) is 12.3 Å². The number of hydrogen-bond acceptors (Lipinski definition) is 2. The van der Waals surface area contributed by atoms with Crippen molar-refractivity contribution in [2.75, 3.05) is 5.32 Å². The second-order valence-corrected chi connectivity index (χ2v) is 6.27. The Morgan fingerprint density at radius 2 is 1.96 bits per heavy atom. The zero-order chi connectivity index (χ0) is 18.9. The normalized spacial score (nSPS) is 11.7. The van der Waals surface area contributed by atoms with Crippen molar-refractivity contribution in [2.45, 2.75) is 25.9 Å². The highest BCUT2D eigenvalue weighted by Gasteiger charge is 2.33. The van der Waals surface area contributed by atoms with E-state index in [1.54, 1.807) is 0 Å². The van der Waals surface area contributed by atoms with E-state index in [0.717, 1.165) is 29.5 Å². The molecule has 1 heterocycles. The van der Waals surface area contributed by atoms with Gasteiger partial charge in [0.25, 0.3) is 0 Å². The van der Waals surface area contributed by atoms with Crippen LogP contribution in [0.2, 0.25) is 5.02 Å². The van der Waals surface area contributed by atoms with Crippen LogP contribution in [0.3, 0.4) is 0 Å². The first-order valence-electron chi connectivity index (χ1n) is 7.93. The molecular formula is C19H15ClF3NO2. The summed E-state index contributed by atoms with van der Waals surface area (Å²) in [4.78, 5) is 12.3. The summed E-state index contributed by atoms with van der Waals surface area (Å²) in [6, 6.07) is 9.00. The molecule has 2 aromatic carbocycles. The fourth-order valence-electron chi connectivity index (χ4n) is 2.68. The number of amides is 1. The molecule has 0 saturated carbocycles. The van der Waals surface area contributed by atoms with Gasteiger partial charge in [-0.2, -0.15) is 13.2 Å². The second kappa shape index (κ2) is 7.03. The third kappa shape index (κ3) is 3.85. The minimum atomic E-state index is -4.59. The lowest BCUT2D eigenvalue weighted by Gasteiger charge is -2.11. The average Bonchev–Trinajstić information content (AvgIpc) is 2.97. The number of furan rings is 1. The summed E-state index contributed by atoms with van der Waals surface area (Å²) >= 11 is 5.58. The van der Waals surface area contributed by atoms with Gasteiger partial charge in [0.15, 0.2) is 0 Å². The van der Waals surface area contributed by atoms with Crippen LogP contribution >= 0.6 is 11.6 Å². The van der Waals surface area contributed by atoms with Gasteiger partial charge in [0.05, 0.1) is 23.3 Å². The highest BCUT2D eigenvalue weighted by atomic mass is 35.5. The average molecular weight is 382 g/mol. The maximum Gasteiger partial charge on any atom is 0.417 e. The van der Waals surface area contributed by atoms with Crippen LogP contribution in [0.25, 0.3) is 11.0 Å². The van der Waals surface area contributed by atoms with Gasteiger partial charge >= 0.3 is 6.18 Å². The molecule has 0 radical (unpaired) electrons. The number of hydrogen-bond donors (Lipinski definition) is 1. The quantitative estimate of drug-likeness (QED) is 0.616. The first-order chi connectivity index (χ1) is 12.3. The highest BCUT2D eigenvalue weighted by molar-refractivity contribution is 6.31. The Morgan fingerprint density at radius 3 is 2.65 bits per heavy atom. The number of fused-ring (bicyclic) bond motifs is 1. The third-order valence-corrected chi connectivity index (χ3v) is 4.36. The van der Waals surface area contributed by atoms with Crippen molar-refractivity contribution >= 4 is 34.2 Å². The fraction of sp³-hybridized carbons (Fsp3) is 0.211. The van der Waals surface area contributed by atoms with Gasteiger partial charge < -0.3 is 9.73 Å². The standard InChI is InChI=1S/C19H15ClF3NO2/c1-2-11-3-6-17-14(7-11)12(10-26-17)8-18(25)24-13-4-5-16(20)15(9-13)19(21,22)23/h3-7,9-10H,2,8H2,1H3,(H,24,25). The molecule has 0 atom stereocenters. The lowest BCUT2D eigenvalue weighted by Crippen LogP contribution is -2.15. The molecule has 136 valence electrons. The number of halogens is 4. The van der Waals surface area contributed by atoms with Gasteiger partial charge in [0.2, 0.25) is 5.91 Å². The Balaban J connectivity index is 1.80. The van der Waals surface area contributed by atoms with Gasteiger partial charge in [-0.25, -0.2) is 0 Å². The van der Waals surface area contributed by atoms with Gasteiger partial charge in [-0.05, 0) is 42.3 Å². The number of carbonyl (C=O) groups is 1. The lowest BCUT2D eigenvalue weighted by molar-refractivity contribution is -0.137. The van der Waals surface area contributed by atoms with Crippen LogP contribution in [-0.4, -0.2) is 5.91 Å². The van der Waals surface area contributed by atoms with Crippen molar-refractivity contribution in [3.8, 4) is 0 Å². The first kappa shape index (κ1) is 18.3. The molecule has 0 saturated heterocycles. The SMILES string of the molecule is CCc1ccc2occ(CC(=O)Nc3ccc(Cl)c(C(F)(F)F)c3)c2c1. The smallest absolute Gasteiger partial charge is 0.417 e. The Hall–Kier alpha value is -2.47. The van der Waals surface area contributed by atoms with Crippen LogP contribution in [0, 0.1) is 0 Å². The van der Waals surface area contributed by atoms with Crippen molar-refractivity contribution in [1.82, 2.24) is 0 Å². The predicted molar refractivity (Wildman–Crippen MR) is 94.4 cm³/mol. The monoisotopic (exact) mass is 381 g/mol. The molecule has 0 bridgehead atoms. The number of aryl methyl sites for hydroxylation is 1. The van der Waals surface area contributed by atoms with E-state index in [2.05, 4.69) is 5.32 Å². The van der Waals surface area contributed by atoms with Crippen LogP contribution < -0.4 is 5.32 Å². The molecule has 1 amide bonds. The molecule has 1 aromatic heterocycles. The van der Waals surface area contributed by atoms with Crippen molar-refractivity contribution in [1.29, 1.82) is 0 Å². The van der Waals surface area contributed by atoms with Gasteiger partial charge in [0, 0.05) is 16.6 Å². The molecule has 0 fully saturated rings. The van der Waals surface area contributed by atoms with Crippen molar-refractivity contribution in [3.05, 3.63) is 64.4 Å². The third-order valence-electron chi connectivity index (χ3n) is 4.03. The predicted octanol–water partition coefficient (Wildman–Crippen LogP) is 5.85. The van der Waals surface area contributed by atoms with Gasteiger partial charge in [-0.15, -0.1) is 0 Å². The van der Waals surface area contributed by atoms with Crippen molar-refractivity contribution in [3.63, 3.8) is 0 Å². The van der Waals surface area contributed by atoms with E-state index >= 15 is 0 Å². The van der Waals surface area contributed by atoms with E-state index in [9.17, 15) is 18.0 Å². The molecule has 26 heavy (non-hydrogen) atoms. The topological polar surface area (TPSA) is 42.2 Å². The fourth-order valence-corrected chi connectivity index (χ4v) is 2.91. The molecular weight excluding hydrogens is 367 g/mol. The number of rotatable bonds is 4. The Labute approximate surface area is 152 Å². The Bertz CT molecular complexity index is 963. The summed E-state index contributed by atoms with van der Waals surface area (Å²) < 4.78 is 44.2. The number of anilines is 1. The van der Waals surface area contributed by atoms with Gasteiger partial charge in [-0.3, -0.25) is 4.79 Å². The van der Waals surface area contributed by atoms with Crippen LogP contribution in [0.15, 0.2) is 47.1 Å². The summed E-state index contributed by atoms with van der Waals surface area (Å²) in [5, 5.41) is 2.89. The number of alkyl halides is 3. The maximum atomic E-state index is 12.9. The van der Waals surface area contributed by atoms with Gasteiger partial charge in [0.1, 0.15) is 5.58 Å². The van der Waals surface area contributed by atoms with Crippen LogP contribution in [-0.2, 0) is 23.8 Å². The summed E-state index contributed by atoms with van der Waals surface area (Å²) in [7, 11) is 0. The number of carbonyl (C=O) groups excluding carboxylic acids is 1. The molecule has 0 spiro atoms. The van der Waals surface area contributed by atoms with E-state index < -0.39 is 22.7 Å². The van der Waals surface area contributed by atoms with Crippen LogP contribution in [0.5, 0.6) is 0 Å².